The second-order valence-corrected chi connectivity index (χ2v) is 3.52. The summed E-state index contributed by atoms with van der Waals surface area (Å²) in [5, 5.41) is 0.230. The molecular formula is C11H14ClNO2. The molecule has 0 atom stereocenters. The van der Waals surface area contributed by atoms with Crippen molar-refractivity contribution in [1.29, 1.82) is 0 Å². The number of nitrogens with zero attached hydrogens (tertiary/aromatic N) is 1. The van der Waals surface area contributed by atoms with E-state index < -0.39 is 0 Å². The molecule has 0 aliphatic heterocycles. The van der Waals surface area contributed by atoms with Gasteiger partial charge in [-0.2, -0.15) is 0 Å². The topological polar surface area (TPSA) is 33.5 Å². The second kappa shape index (κ2) is 5.61. The lowest BCUT2D eigenvalue weighted by Gasteiger charge is -2.18. The Bertz CT molecular complexity index is 346. The summed E-state index contributed by atoms with van der Waals surface area (Å²) in [7, 11) is 0. The molecule has 0 saturated heterocycles. The molecule has 1 aromatic heterocycles. The first-order valence-electron chi connectivity index (χ1n) is 4.84. The van der Waals surface area contributed by atoms with E-state index in [0.717, 1.165) is 6.42 Å². The fraction of sp³-hybridized carbons (Fsp3) is 0.364. The molecule has 0 aliphatic carbocycles. The molecule has 0 saturated carbocycles. The molecular weight excluding hydrogens is 214 g/mol. The van der Waals surface area contributed by atoms with Crippen LogP contribution in [0, 0.1) is 0 Å². The van der Waals surface area contributed by atoms with Crippen molar-refractivity contribution in [3.05, 3.63) is 35.8 Å². The lowest BCUT2D eigenvalue weighted by atomic mass is 10.3. The molecule has 4 heteroatoms. The smallest absolute Gasteiger partial charge is 0.289 e. The Labute approximate surface area is 94.3 Å². The Morgan fingerprint density at radius 1 is 1.67 bits per heavy atom. The van der Waals surface area contributed by atoms with E-state index in [1.807, 2.05) is 6.92 Å². The lowest BCUT2D eigenvalue weighted by molar-refractivity contribution is 0.0742. The lowest BCUT2D eigenvalue weighted by Crippen LogP contribution is -2.31. The highest BCUT2D eigenvalue weighted by Gasteiger charge is 2.16. The summed E-state index contributed by atoms with van der Waals surface area (Å²) in [6, 6.07) is 3.14. The number of amides is 1. The molecule has 82 valence electrons. The summed E-state index contributed by atoms with van der Waals surface area (Å²) in [6.07, 6.45) is 2.59. The Morgan fingerprint density at radius 3 is 2.87 bits per heavy atom. The predicted molar refractivity (Wildman–Crippen MR) is 60.1 cm³/mol. The van der Waals surface area contributed by atoms with Crippen LogP contribution in [0.1, 0.15) is 23.9 Å². The highest BCUT2D eigenvalue weighted by Crippen LogP contribution is 2.15. The molecule has 15 heavy (non-hydrogen) atoms. The maximum absolute atomic E-state index is 11.9. The minimum Gasteiger partial charge on any atom is -0.440 e. The van der Waals surface area contributed by atoms with Crippen LogP contribution in [0.5, 0.6) is 0 Å². The van der Waals surface area contributed by atoms with Crippen molar-refractivity contribution in [3.63, 3.8) is 0 Å². The van der Waals surface area contributed by atoms with Crippen molar-refractivity contribution in [2.75, 3.05) is 13.1 Å². The van der Waals surface area contributed by atoms with Crippen LogP contribution in [0.2, 0.25) is 5.22 Å². The number of hydrogen-bond acceptors (Lipinski definition) is 2. The van der Waals surface area contributed by atoms with E-state index in [9.17, 15) is 4.79 Å². The van der Waals surface area contributed by atoms with Crippen LogP contribution in [-0.4, -0.2) is 23.9 Å². The number of furan rings is 1. The van der Waals surface area contributed by atoms with E-state index in [1.54, 1.807) is 23.1 Å². The number of carbonyl (C=O) groups excluding carboxylic acids is 1. The normalized spacial score (nSPS) is 10.0. The fourth-order valence-electron chi connectivity index (χ4n) is 1.29. The predicted octanol–water partition coefficient (Wildman–Crippen LogP) is 2.97. The van der Waals surface area contributed by atoms with E-state index in [2.05, 4.69) is 6.58 Å². The fourth-order valence-corrected chi connectivity index (χ4v) is 1.43. The third kappa shape index (κ3) is 3.13. The van der Waals surface area contributed by atoms with Crippen molar-refractivity contribution in [1.82, 2.24) is 4.90 Å². The summed E-state index contributed by atoms with van der Waals surface area (Å²) in [5.41, 5.74) is 0. The molecule has 0 bridgehead atoms. The Morgan fingerprint density at radius 2 is 2.40 bits per heavy atom. The molecule has 0 aliphatic rings. The summed E-state index contributed by atoms with van der Waals surface area (Å²) < 4.78 is 5.06. The van der Waals surface area contributed by atoms with Crippen LogP contribution in [0.15, 0.2) is 29.2 Å². The number of carbonyl (C=O) groups is 1. The summed E-state index contributed by atoms with van der Waals surface area (Å²) in [5.74, 6) is 0.124. The third-order valence-electron chi connectivity index (χ3n) is 1.91. The van der Waals surface area contributed by atoms with E-state index in [1.165, 1.54) is 0 Å². The number of halogens is 1. The Hall–Kier alpha value is -1.22. The first-order valence-corrected chi connectivity index (χ1v) is 5.22. The molecule has 0 aromatic carbocycles. The minimum atomic E-state index is -0.149. The average molecular weight is 228 g/mol. The van der Waals surface area contributed by atoms with Gasteiger partial charge in [-0.1, -0.05) is 13.0 Å². The average Bonchev–Trinajstić information content (AvgIpc) is 2.63. The van der Waals surface area contributed by atoms with E-state index in [0.29, 0.717) is 13.1 Å². The van der Waals surface area contributed by atoms with Crippen LogP contribution in [0.25, 0.3) is 0 Å². The Kier molecular flexibility index (Phi) is 4.43. The molecule has 1 rings (SSSR count). The van der Waals surface area contributed by atoms with E-state index in [4.69, 9.17) is 16.0 Å². The third-order valence-corrected chi connectivity index (χ3v) is 2.12. The SMILES string of the molecule is C=CCN(CCC)C(=O)c1ccc(Cl)o1. The standard InChI is InChI=1S/C11H14ClNO2/c1-3-7-13(8-4-2)11(14)9-5-6-10(12)15-9/h3,5-6H,1,4,7-8H2,2H3. The second-order valence-electron chi connectivity index (χ2n) is 3.14. The van der Waals surface area contributed by atoms with Gasteiger partial charge in [0.15, 0.2) is 11.0 Å². The first-order chi connectivity index (χ1) is 7.19. The summed E-state index contributed by atoms with van der Waals surface area (Å²) in [6.45, 7) is 6.83. The number of rotatable bonds is 5. The van der Waals surface area contributed by atoms with Crippen molar-refractivity contribution in [2.45, 2.75) is 13.3 Å². The minimum absolute atomic E-state index is 0.149. The van der Waals surface area contributed by atoms with Crippen LogP contribution in [-0.2, 0) is 0 Å². The zero-order valence-corrected chi connectivity index (χ0v) is 9.46. The van der Waals surface area contributed by atoms with Gasteiger partial charge < -0.3 is 9.32 Å². The molecule has 0 fully saturated rings. The van der Waals surface area contributed by atoms with Crippen molar-refractivity contribution < 1.29 is 9.21 Å². The molecule has 0 spiro atoms. The van der Waals surface area contributed by atoms with Gasteiger partial charge in [-0.05, 0) is 30.2 Å². The van der Waals surface area contributed by atoms with Gasteiger partial charge in [0, 0.05) is 13.1 Å². The van der Waals surface area contributed by atoms with Gasteiger partial charge in [0.25, 0.3) is 5.91 Å². The van der Waals surface area contributed by atoms with Gasteiger partial charge >= 0.3 is 0 Å². The van der Waals surface area contributed by atoms with Crippen LogP contribution in [0.3, 0.4) is 0 Å². The van der Waals surface area contributed by atoms with Gasteiger partial charge in [0.05, 0.1) is 0 Å². The van der Waals surface area contributed by atoms with Gasteiger partial charge in [-0.25, -0.2) is 0 Å². The maximum Gasteiger partial charge on any atom is 0.289 e. The van der Waals surface area contributed by atoms with Crippen LogP contribution in [0.4, 0.5) is 0 Å². The largest absolute Gasteiger partial charge is 0.440 e. The maximum atomic E-state index is 11.9. The molecule has 1 amide bonds. The zero-order valence-electron chi connectivity index (χ0n) is 8.70. The zero-order chi connectivity index (χ0) is 11.3. The first kappa shape index (κ1) is 11.9. The number of hydrogen-bond donors (Lipinski definition) is 0. The van der Waals surface area contributed by atoms with Crippen molar-refractivity contribution >= 4 is 17.5 Å². The van der Waals surface area contributed by atoms with Gasteiger partial charge in [-0.3, -0.25) is 4.79 Å². The van der Waals surface area contributed by atoms with Gasteiger partial charge in [-0.15, -0.1) is 6.58 Å². The monoisotopic (exact) mass is 227 g/mol. The quantitative estimate of drug-likeness (QED) is 0.725. The highest BCUT2D eigenvalue weighted by atomic mass is 35.5. The molecule has 0 N–H and O–H groups in total. The highest BCUT2D eigenvalue weighted by molar-refractivity contribution is 6.29. The summed E-state index contributed by atoms with van der Waals surface area (Å²) in [4.78, 5) is 13.5. The van der Waals surface area contributed by atoms with Crippen LogP contribution >= 0.6 is 11.6 Å². The summed E-state index contributed by atoms with van der Waals surface area (Å²) >= 11 is 5.61. The molecule has 1 aromatic rings. The van der Waals surface area contributed by atoms with E-state index in [-0.39, 0.29) is 16.9 Å². The van der Waals surface area contributed by atoms with Gasteiger partial charge in [0.2, 0.25) is 0 Å². The van der Waals surface area contributed by atoms with E-state index >= 15 is 0 Å². The molecule has 3 nitrogen and oxygen atoms in total. The Balaban J connectivity index is 2.75. The van der Waals surface area contributed by atoms with Gasteiger partial charge in [0.1, 0.15) is 0 Å². The molecule has 0 radical (unpaired) electrons. The molecule has 1 heterocycles. The van der Waals surface area contributed by atoms with Crippen molar-refractivity contribution in [3.8, 4) is 0 Å². The van der Waals surface area contributed by atoms with Crippen molar-refractivity contribution in [2.24, 2.45) is 0 Å². The van der Waals surface area contributed by atoms with Crippen LogP contribution < -0.4 is 0 Å². The molecule has 0 unspecified atom stereocenters.